The van der Waals surface area contributed by atoms with E-state index in [4.69, 9.17) is 33.0 Å². The van der Waals surface area contributed by atoms with Crippen LogP contribution in [0.2, 0.25) is 10.0 Å². The van der Waals surface area contributed by atoms with Gasteiger partial charge in [0.05, 0.1) is 39.7 Å². The SMILES string of the molecule is COc1nc(-c2cccc(-c3cccc(Nc4nccc(CNc5ccc(C(=O)O)cc5)c4F)c3Cl)c2Cl)ccc1C=O. The highest BCUT2D eigenvalue weighted by atomic mass is 35.5. The fourth-order valence-electron chi connectivity index (χ4n) is 4.39. The maximum absolute atomic E-state index is 15.5. The van der Waals surface area contributed by atoms with Gasteiger partial charge in [0.25, 0.3) is 0 Å². The van der Waals surface area contributed by atoms with E-state index in [1.54, 1.807) is 54.6 Å². The largest absolute Gasteiger partial charge is 0.480 e. The molecule has 0 saturated heterocycles. The van der Waals surface area contributed by atoms with Gasteiger partial charge >= 0.3 is 5.97 Å². The van der Waals surface area contributed by atoms with E-state index in [-0.39, 0.29) is 23.8 Å². The standard InChI is InChI=1S/C32H23Cl2FN4O4/c1-43-31-20(17-40)10-13-25(39-31)24-6-2-4-22(27(24)33)23-5-3-7-26(28(23)34)38-30-29(35)19(14-15-36-30)16-37-21-11-8-18(9-12-21)32(41)42/h2-15,17,37H,16H2,1H3,(H,36,38)(H,41,42). The number of halogens is 3. The van der Waals surface area contributed by atoms with Crippen LogP contribution in [0.1, 0.15) is 26.3 Å². The Balaban J connectivity index is 1.40. The molecule has 2 heterocycles. The molecule has 3 N–H and O–H groups in total. The summed E-state index contributed by atoms with van der Waals surface area (Å²) in [7, 11) is 1.43. The van der Waals surface area contributed by atoms with E-state index >= 15 is 4.39 Å². The molecular weight excluding hydrogens is 594 g/mol. The van der Waals surface area contributed by atoms with E-state index in [2.05, 4.69) is 20.6 Å². The van der Waals surface area contributed by atoms with Gasteiger partial charge in [0.2, 0.25) is 5.88 Å². The van der Waals surface area contributed by atoms with Crippen molar-refractivity contribution in [3.05, 3.63) is 118 Å². The third kappa shape index (κ3) is 6.28. The molecule has 216 valence electrons. The van der Waals surface area contributed by atoms with E-state index in [0.717, 1.165) is 0 Å². The molecule has 0 aliphatic carbocycles. The van der Waals surface area contributed by atoms with E-state index in [1.807, 2.05) is 12.1 Å². The predicted octanol–water partition coefficient (Wildman–Crippen LogP) is 8.13. The van der Waals surface area contributed by atoms with Crippen LogP contribution in [-0.2, 0) is 6.54 Å². The number of aldehydes is 1. The van der Waals surface area contributed by atoms with Gasteiger partial charge < -0.3 is 20.5 Å². The quantitative estimate of drug-likeness (QED) is 0.135. The highest BCUT2D eigenvalue weighted by molar-refractivity contribution is 6.39. The minimum atomic E-state index is -1.02. The number of carbonyl (C=O) groups excluding carboxylic acids is 1. The molecule has 0 aliphatic rings. The van der Waals surface area contributed by atoms with Crippen molar-refractivity contribution in [1.29, 1.82) is 0 Å². The summed E-state index contributed by atoms with van der Waals surface area (Å²) >= 11 is 13.7. The van der Waals surface area contributed by atoms with E-state index in [1.165, 1.54) is 25.4 Å². The van der Waals surface area contributed by atoms with Crippen molar-refractivity contribution in [1.82, 2.24) is 9.97 Å². The number of benzene rings is 3. The van der Waals surface area contributed by atoms with Crippen molar-refractivity contribution in [2.24, 2.45) is 0 Å². The highest BCUT2D eigenvalue weighted by Crippen LogP contribution is 2.42. The number of aromatic carboxylic acids is 1. The number of hydrogen-bond donors (Lipinski definition) is 3. The van der Waals surface area contributed by atoms with Gasteiger partial charge in [-0.25, -0.2) is 19.2 Å². The fraction of sp³-hybridized carbons (Fsp3) is 0.0625. The minimum Gasteiger partial charge on any atom is -0.480 e. The molecule has 0 amide bonds. The van der Waals surface area contributed by atoms with Crippen molar-refractivity contribution in [2.45, 2.75) is 6.54 Å². The predicted molar refractivity (Wildman–Crippen MR) is 165 cm³/mol. The second kappa shape index (κ2) is 12.9. The Morgan fingerprint density at radius 3 is 2.35 bits per heavy atom. The molecule has 3 aromatic carbocycles. The van der Waals surface area contributed by atoms with Crippen LogP contribution in [-0.4, -0.2) is 34.4 Å². The molecule has 5 rings (SSSR count). The van der Waals surface area contributed by atoms with Crippen LogP contribution in [0.15, 0.2) is 85.1 Å². The van der Waals surface area contributed by atoms with Gasteiger partial charge in [-0.15, -0.1) is 0 Å². The monoisotopic (exact) mass is 616 g/mol. The maximum atomic E-state index is 15.5. The summed E-state index contributed by atoms with van der Waals surface area (Å²) in [6, 6.07) is 21.7. The second-order valence-corrected chi connectivity index (χ2v) is 10.00. The van der Waals surface area contributed by atoms with Crippen molar-refractivity contribution >= 4 is 52.6 Å². The Hall–Kier alpha value is -4.99. The third-order valence-corrected chi connectivity index (χ3v) is 7.43. The van der Waals surface area contributed by atoms with Crippen LogP contribution < -0.4 is 15.4 Å². The normalized spacial score (nSPS) is 10.7. The lowest BCUT2D eigenvalue weighted by atomic mass is 10.00. The molecule has 0 saturated carbocycles. The number of carboxylic acids is 1. The number of rotatable bonds is 10. The first-order valence-corrected chi connectivity index (χ1v) is 13.6. The van der Waals surface area contributed by atoms with Gasteiger partial charge in [0.1, 0.15) is 0 Å². The van der Waals surface area contributed by atoms with Crippen molar-refractivity contribution in [3.63, 3.8) is 0 Å². The van der Waals surface area contributed by atoms with E-state index in [9.17, 15) is 9.59 Å². The van der Waals surface area contributed by atoms with Gasteiger partial charge in [0, 0.05) is 40.7 Å². The number of nitrogens with one attached hydrogen (secondary N) is 2. The van der Waals surface area contributed by atoms with Crippen molar-refractivity contribution < 1.29 is 23.8 Å². The molecule has 0 bridgehead atoms. The van der Waals surface area contributed by atoms with Crippen LogP contribution in [0, 0.1) is 5.82 Å². The van der Waals surface area contributed by atoms with Crippen molar-refractivity contribution in [3.8, 4) is 28.3 Å². The Labute approximate surface area is 256 Å². The first-order chi connectivity index (χ1) is 20.8. The summed E-state index contributed by atoms with van der Waals surface area (Å²) in [5.41, 5.74) is 4.19. The zero-order valence-corrected chi connectivity index (χ0v) is 24.1. The molecule has 5 aromatic rings. The summed E-state index contributed by atoms with van der Waals surface area (Å²) in [6.45, 7) is 0.137. The summed E-state index contributed by atoms with van der Waals surface area (Å²) < 4.78 is 20.7. The molecule has 11 heteroatoms. The number of hydrogen-bond acceptors (Lipinski definition) is 7. The van der Waals surface area contributed by atoms with Crippen LogP contribution in [0.3, 0.4) is 0 Å². The zero-order chi connectivity index (χ0) is 30.5. The molecule has 2 aromatic heterocycles. The van der Waals surface area contributed by atoms with Crippen LogP contribution in [0.5, 0.6) is 5.88 Å². The number of ether oxygens (including phenoxy) is 1. The van der Waals surface area contributed by atoms with E-state index < -0.39 is 11.8 Å². The Morgan fingerprint density at radius 2 is 1.65 bits per heavy atom. The molecular formula is C32H23Cl2FN4O4. The molecule has 0 fully saturated rings. The third-order valence-electron chi connectivity index (χ3n) is 6.61. The van der Waals surface area contributed by atoms with Gasteiger partial charge in [-0.1, -0.05) is 53.5 Å². The summed E-state index contributed by atoms with van der Waals surface area (Å²) in [6.07, 6.45) is 2.14. The minimum absolute atomic E-state index is 0.0222. The summed E-state index contributed by atoms with van der Waals surface area (Å²) in [5.74, 6) is -1.44. The average Bonchev–Trinajstić information content (AvgIpc) is 3.02. The number of aromatic nitrogens is 2. The number of carboxylic acid groups (broad SMARTS) is 1. The molecule has 0 unspecified atom stereocenters. The molecule has 0 spiro atoms. The van der Waals surface area contributed by atoms with Gasteiger partial charge in [-0.2, -0.15) is 0 Å². The summed E-state index contributed by atoms with van der Waals surface area (Å²) in [4.78, 5) is 30.9. The number of methoxy groups -OCH3 is 1. The highest BCUT2D eigenvalue weighted by Gasteiger charge is 2.18. The first-order valence-electron chi connectivity index (χ1n) is 12.9. The van der Waals surface area contributed by atoms with Gasteiger partial charge in [-0.3, -0.25) is 4.79 Å². The van der Waals surface area contributed by atoms with Gasteiger partial charge in [-0.05, 0) is 48.5 Å². The first kappa shape index (κ1) is 29.5. The van der Waals surface area contributed by atoms with E-state index in [0.29, 0.717) is 61.2 Å². The lowest BCUT2D eigenvalue weighted by Crippen LogP contribution is -2.06. The van der Waals surface area contributed by atoms with Gasteiger partial charge in [0.15, 0.2) is 17.9 Å². The Kier molecular flexibility index (Phi) is 8.85. The zero-order valence-electron chi connectivity index (χ0n) is 22.6. The fourth-order valence-corrected chi connectivity index (χ4v) is 4.99. The number of anilines is 3. The number of pyridine rings is 2. The van der Waals surface area contributed by atoms with Crippen LogP contribution >= 0.6 is 23.2 Å². The molecule has 0 radical (unpaired) electrons. The lowest BCUT2D eigenvalue weighted by Gasteiger charge is -2.16. The molecule has 0 atom stereocenters. The number of nitrogens with zero attached hydrogens (tertiary/aromatic N) is 2. The molecule has 0 aliphatic heterocycles. The average molecular weight is 617 g/mol. The number of carbonyl (C=O) groups is 2. The lowest BCUT2D eigenvalue weighted by molar-refractivity contribution is 0.0696. The molecule has 8 nitrogen and oxygen atoms in total. The Morgan fingerprint density at radius 1 is 0.953 bits per heavy atom. The Bertz CT molecular complexity index is 1830. The van der Waals surface area contributed by atoms with Crippen LogP contribution in [0.4, 0.5) is 21.6 Å². The van der Waals surface area contributed by atoms with Crippen LogP contribution in [0.25, 0.3) is 22.4 Å². The topological polar surface area (TPSA) is 113 Å². The maximum Gasteiger partial charge on any atom is 0.335 e. The smallest absolute Gasteiger partial charge is 0.335 e. The second-order valence-electron chi connectivity index (χ2n) is 9.24. The molecule has 43 heavy (non-hydrogen) atoms. The van der Waals surface area contributed by atoms with Crippen molar-refractivity contribution in [2.75, 3.05) is 17.7 Å². The summed E-state index contributed by atoms with van der Waals surface area (Å²) in [5, 5.41) is 15.8.